The Balaban J connectivity index is 1.82. The molecule has 0 aliphatic carbocycles. The number of aryl methyl sites for hydroxylation is 1. The molecule has 6 heteroatoms. The van der Waals surface area contributed by atoms with Crippen LogP contribution in [0.4, 0.5) is 4.39 Å². The van der Waals surface area contributed by atoms with Crippen LogP contribution in [0.2, 0.25) is 0 Å². The van der Waals surface area contributed by atoms with E-state index in [4.69, 9.17) is 4.74 Å². The minimum absolute atomic E-state index is 0.243. The van der Waals surface area contributed by atoms with Gasteiger partial charge in [0.2, 0.25) is 0 Å². The van der Waals surface area contributed by atoms with Crippen LogP contribution in [-0.4, -0.2) is 17.1 Å². The highest BCUT2D eigenvalue weighted by molar-refractivity contribution is 7.11. The van der Waals surface area contributed by atoms with E-state index in [-0.39, 0.29) is 11.6 Å². The van der Waals surface area contributed by atoms with Crippen LogP contribution in [0.15, 0.2) is 29.0 Å². The second-order valence-corrected chi connectivity index (χ2v) is 6.42. The molecule has 1 aromatic carbocycles. The lowest BCUT2D eigenvalue weighted by molar-refractivity contribution is 0.386. The molecule has 0 spiro atoms. The molecule has 0 fully saturated rings. The largest absolute Gasteiger partial charge is 0.494 e. The summed E-state index contributed by atoms with van der Waals surface area (Å²) < 4.78 is 18.7. The number of hydrogen-bond donors (Lipinski definition) is 0. The highest BCUT2D eigenvalue weighted by Crippen LogP contribution is 2.27. The standard InChI is InChI=1S/C15H13FN2OS2/c1-9-7-20-14(17-9)6-15-18-12(8-21-15)10-3-4-13(19-2)11(16)5-10/h3-5,7-8H,6H2,1-2H3. The van der Waals surface area contributed by atoms with Crippen LogP contribution >= 0.6 is 22.7 Å². The van der Waals surface area contributed by atoms with Crippen LogP contribution in [-0.2, 0) is 6.42 Å². The number of halogens is 1. The Labute approximate surface area is 130 Å². The molecule has 0 atom stereocenters. The average molecular weight is 320 g/mol. The maximum atomic E-state index is 13.7. The normalized spacial score (nSPS) is 10.8. The summed E-state index contributed by atoms with van der Waals surface area (Å²) in [5, 5.41) is 6.00. The molecule has 0 amide bonds. The first kappa shape index (κ1) is 14.2. The van der Waals surface area contributed by atoms with E-state index in [1.165, 1.54) is 13.2 Å². The van der Waals surface area contributed by atoms with Gasteiger partial charge in [0.05, 0.1) is 24.2 Å². The molecule has 3 aromatic rings. The highest BCUT2D eigenvalue weighted by atomic mass is 32.1. The van der Waals surface area contributed by atoms with Crippen molar-refractivity contribution in [2.45, 2.75) is 13.3 Å². The third-order valence-corrected chi connectivity index (χ3v) is 4.78. The van der Waals surface area contributed by atoms with Crippen molar-refractivity contribution in [3.05, 3.63) is 50.5 Å². The zero-order chi connectivity index (χ0) is 14.8. The van der Waals surface area contributed by atoms with Gasteiger partial charge >= 0.3 is 0 Å². The Bertz CT molecular complexity index is 767. The molecule has 0 aliphatic heterocycles. The van der Waals surface area contributed by atoms with Gasteiger partial charge in [0, 0.05) is 22.0 Å². The number of aromatic nitrogens is 2. The maximum absolute atomic E-state index is 13.7. The van der Waals surface area contributed by atoms with E-state index in [0.717, 1.165) is 33.4 Å². The van der Waals surface area contributed by atoms with Crippen molar-refractivity contribution in [1.82, 2.24) is 9.97 Å². The lowest BCUT2D eigenvalue weighted by atomic mass is 10.1. The Morgan fingerprint density at radius 1 is 1.14 bits per heavy atom. The van der Waals surface area contributed by atoms with Gasteiger partial charge in [-0.3, -0.25) is 0 Å². The van der Waals surface area contributed by atoms with Crippen molar-refractivity contribution < 1.29 is 9.13 Å². The summed E-state index contributed by atoms with van der Waals surface area (Å²) in [6.45, 7) is 1.98. The summed E-state index contributed by atoms with van der Waals surface area (Å²) in [4.78, 5) is 8.99. The Hall–Kier alpha value is -1.79. The molecule has 0 aliphatic rings. The van der Waals surface area contributed by atoms with Gasteiger partial charge in [0.25, 0.3) is 0 Å². The molecule has 0 radical (unpaired) electrons. The van der Waals surface area contributed by atoms with Gasteiger partial charge in [-0.25, -0.2) is 14.4 Å². The van der Waals surface area contributed by atoms with E-state index in [0.29, 0.717) is 0 Å². The summed E-state index contributed by atoms with van der Waals surface area (Å²) in [5.74, 6) is -0.132. The zero-order valence-corrected chi connectivity index (χ0v) is 13.2. The first-order chi connectivity index (χ1) is 10.2. The van der Waals surface area contributed by atoms with E-state index in [9.17, 15) is 4.39 Å². The summed E-state index contributed by atoms with van der Waals surface area (Å²) >= 11 is 3.20. The van der Waals surface area contributed by atoms with Gasteiger partial charge < -0.3 is 4.74 Å². The fourth-order valence-electron chi connectivity index (χ4n) is 1.96. The maximum Gasteiger partial charge on any atom is 0.165 e. The number of thiazole rings is 2. The van der Waals surface area contributed by atoms with Gasteiger partial charge in [0.1, 0.15) is 5.01 Å². The molecule has 2 aromatic heterocycles. The molecule has 0 saturated carbocycles. The predicted octanol–water partition coefficient (Wildman–Crippen LogP) is 4.31. The molecule has 0 N–H and O–H groups in total. The molecule has 3 nitrogen and oxygen atoms in total. The quantitative estimate of drug-likeness (QED) is 0.718. The van der Waals surface area contributed by atoms with Gasteiger partial charge in [-0.05, 0) is 25.1 Å². The second kappa shape index (κ2) is 5.91. The smallest absolute Gasteiger partial charge is 0.165 e. The van der Waals surface area contributed by atoms with Gasteiger partial charge in [-0.15, -0.1) is 22.7 Å². The molecule has 0 saturated heterocycles. The van der Waals surface area contributed by atoms with Gasteiger partial charge in [-0.2, -0.15) is 0 Å². The van der Waals surface area contributed by atoms with Crippen molar-refractivity contribution in [1.29, 1.82) is 0 Å². The van der Waals surface area contributed by atoms with Crippen molar-refractivity contribution in [2.75, 3.05) is 7.11 Å². The summed E-state index contributed by atoms with van der Waals surface area (Å²) in [6.07, 6.45) is 0.724. The second-order valence-electron chi connectivity index (χ2n) is 4.54. The first-order valence-corrected chi connectivity index (χ1v) is 8.11. The predicted molar refractivity (Wildman–Crippen MR) is 83.7 cm³/mol. The number of benzene rings is 1. The van der Waals surface area contributed by atoms with Crippen LogP contribution in [0.1, 0.15) is 15.7 Å². The number of ether oxygens (including phenoxy) is 1. The van der Waals surface area contributed by atoms with E-state index < -0.39 is 0 Å². The first-order valence-electron chi connectivity index (χ1n) is 6.35. The molecule has 108 valence electrons. The van der Waals surface area contributed by atoms with Crippen LogP contribution in [0.3, 0.4) is 0 Å². The third-order valence-electron chi connectivity index (χ3n) is 2.97. The monoisotopic (exact) mass is 320 g/mol. The number of rotatable bonds is 4. The summed E-state index contributed by atoms with van der Waals surface area (Å²) in [6, 6.07) is 4.88. The van der Waals surface area contributed by atoms with Crippen molar-refractivity contribution in [2.24, 2.45) is 0 Å². The molecule has 0 unspecified atom stereocenters. The molecule has 2 heterocycles. The van der Waals surface area contributed by atoms with Crippen LogP contribution < -0.4 is 4.74 Å². The lowest BCUT2D eigenvalue weighted by Gasteiger charge is -2.02. The summed E-state index contributed by atoms with van der Waals surface area (Å²) in [5.41, 5.74) is 2.57. The zero-order valence-electron chi connectivity index (χ0n) is 11.6. The topological polar surface area (TPSA) is 35.0 Å². The Morgan fingerprint density at radius 2 is 1.90 bits per heavy atom. The number of methoxy groups -OCH3 is 1. The molecular weight excluding hydrogens is 307 g/mol. The minimum atomic E-state index is -0.375. The number of hydrogen-bond acceptors (Lipinski definition) is 5. The van der Waals surface area contributed by atoms with E-state index in [1.807, 2.05) is 23.8 Å². The molecule has 3 rings (SSSR count). The molecule has 0 bridgehead atoms. The lowest BCUT2D eigenvalue weighted by Crippen LogP contribution is -1.90. The molecule has 21 heavy (non-hydrogen) atoms. The average Bonchev–Trinajstić information content (AvgIpc) is 3.08. The third kappa shape index (κ3) is 3.11. The van der Waals surface area contributed by atoms with Gasteiger partial charge in [0.15, 0.2) is 11.6 Å². The Morgan fingerprint density at radius 3 is 2.57 bits per heavy atom. The minimum Gasteiger partial charge on any atom is -0.494 e. The van der Waals surface area contributed by atoms with Crippen molar-refractivity contribution in [3.63, 3.8) is 0 Å². The van der Waals surface area contributed by atoms with Crippen molar-refractivity contribution >= 4 is 22.7 Å². The Kier molecular flexibility index (Phi) is 3.98. The van der Waals surface area contributed by atoms with E-state index in [1.54, 1.807) is 28.7 Å². The van der Waals surface area contributed by atoms with Gasteiger partial charge in [-0.1, -0.05) is 0 Å². The van der Waals surface area contributed by atoms with Crippen molar-refractivity contribution in [3.8, 4) is 17.0 Å². The number of nitrogens with zero attached hydrogens (tertiary/aromatic N) is 2. The highest BCUT2D eigenvalue weighted by Gasteiger charge is 2.10. The van der Waals surface area contributed by atoms with Crippen LogP contribution in [0, 0.1) is 12.7 Å². The van der Waals surface area contributed by atoms with Crippen LogP contribution in [0.25, 0.3) is 11.3 Å². The SMILES string of the molecule is COc1ccc(-c2csc(Cc3nc(C)cs3)n2)cc1F. The van der Waals surface area contributed by atoms with E-state index in [2.05, 4.69) is 9.97 Å². The molecular formula is C15H13FN2OS2. The summed E-state index contributed by atoms with van der Waals surface area (Å²) in [7, 11) is 1.45. The fraction of sp³-hybridized carbons (Fsp3) is 0.200. The fourth-order valence-corrected chi connectivity index (χ4v) is 3.64. The van der Waals surface area contributed by atoms with Crippen LogP contribution in [0.5, 0.6) is 5.75 Å². The van der Waals surface area contributed by atoms with E-state index >= 15 is 0 Å².